The highest BCUT2D eigenvalue weighted by Gasteiger charge is 2.03. The van der Waals surface area contributed by atoms with E-state index in [0.717, 1.165) is 26.2 Å². The first-order valence-electron chi connectivity index (χ1n) is 11.8. The molecule has 0 N–H and O–H groups in total. The number of hydrogen-bond donors (Lipinski definition) is 0. The maximum atomic E-state index is 8.52. The van der Waals surface area contributed by atoms with Crippen molar-refractivity contribution in [3.05, 3.63) is 121 Å². The predicted octanol–water partition coefficient (Wildman–Crippen LogP) is 3.64. The molecule has 0 saturated carbocycles. The van der Waals surface area contributed by atoms with Crippen LogP contribution in [-0.2, 0) is 36.6 Å². The van der Waals surface area contributed by atoms with Crippen molar-refractivity contribution in [2.24, 2.45) is 0 Å². The molecule has 4 rings (SSSR count). The Bertz CT molecular complexity index is 1260. The van der Waals surface area contributed by atoms with Crippen LogP contribution in [0.15, 0.2) is 99.1 Å². The van der Waals surface area contributed by atoms with Crippen molar-refractivity contribution in [3.8, 4) is 0 Å². The number of rotatable bonds is 8. The fourth-order valence-corrected chi connectivity index (χ4v) is 3.38. The van der Waals surface area contributed by atoms with Crippen LogP contribution in [0.3, 0.4) is 0 Å². The number of aryl methyl sites for hydroxylation is 2. The van der Waals surface area contributed by atoms with E-state index >= 15 is 0 Å². The fraction of sp³-hybridized carbons (Fsp3) is 0.214. The third-order valence-electron chi connectivity index (χ3n) is 5.38. The molecule has 0 saturated heterocycles. The van der Waals surface area contributed by atoms with Gasteiger partial charge in [-0.05, 0) is 36.1 Å². The molecule has 37 heavy (non-hydrogen) atoms. The van der Waals surface area contributed by atoms with Crippen LogP contribution in [0.25, 0.3) is 12.2 Å². The maximum Gasteiger partial charge on any atom is 0.244 e. The van der Waals surface area contributed by atoms with Crippen LogP contribution in [0.4, 0.5) is 0 Å². The van der Waals surface area contributed by atoms with E-state index in [1.54, 1.807) is 0 Å². The van der Waals surface area contributed by atoms with E-state index in [1.165, 1.54) is 22.3 Å². The van der Waals surface area contributed by atoms with E-state index in [-0.39, 0.29) is 0 Å². The van der Waals surface area contributed by atoms with Gasteiger partial charge in [0.25, 0.3) is 0 Å². The lowest BCUT2D eigenvalue weighted by Gasteiger charge is -2.06. The van der Waals surface area contributed by atoms with Gasteiger partial charge in [0.15, 0.2) is 0 Å². The zero-order valence-corrected chi connectivity index (χ0v) is 22.1. The summed E-state index contributed by atoms with van der Waals surface area (Å²) >= 11 is 0. The molecule has 0 aliphatic rings. The van der Waals surface area contributed by atoms with E-state index in [9.17, 15) is 0 Å². The van der Waals surface area contributed by atoms with Crippen LogP contribution in [0.5, 0.6) is 0 Å². The average Bonchev–Trinajstić information content (AvgIpc) is 3.53. The molecular weight excluding hydrogens is 488 g/mol. The van der Waals surface area contributed by atoms with Crippen LogP contribution < -0.4 is 9.13 Å². The fourth-order valence-electron chi connectivity index (χ4n) is 3.38. The second kappa shape index (κ2) is 14.7. The highest BCUT2D eigenvalue weighted by molar-refractivity contribution is 7.79. The molecule has 0 fully saturated rings. The molecule has 0 aliphatic heterocycles. The summed E-state index contributed by atoms with van der Waals surface area (Å²) in [6.45, 7) is 15.7. The minimum Gasteiger partial charge on any atom is -0.759 e. The molecule has 0 unspecified atom stereocenters. The number of nitrogens with zero attached hydrogens (tertiary/aromatic N) is 4. The summed E-state index contributed by atoms with van der Waals surface area (Å²) in [6, 6.07) is 17.0. The second-order valence-corrected chi connectivity index (χ2v) is 8.95. The highest BCUT2D eigenvalue weighted by Crippen LogP contribution is 2.06. The van der Waals surface area contributed by atoms with Crippen molar-refractivity contribution in [3.63, 3.8) is 0 Å². The van der Waals surface area contributed by atoms with Crippen molar-refractivity contribution in [2.45, 2.75) is 40.0 Å². The van der Waals surface area contributed by atoms with Crippen molar-refractivity contribution in [2.75, 3.05) is 0 Å². The highest BCUT2D eigenvalue weighted by atomic mass is 32.3. The number of hydrogen-bond acceptors (Lipinski definition) is 4. The van der Waals surface area contributed by atoms with Crippen LogP contribution in [-0.4, -0.2) is 26.7 Å². The zero-order chi connectivity index (χ0) is 27.3. The van der Waals surface area contributed by atoms with Crippen LogP contribution in [0, 0.1) is 0 Å². The first-order valence-corrected chi connectivity index (χ1v) is 13.2. The Morgan fingerprint density at radius 1 is 0.730 bits per heavy atom. The molecule has 196 valence electrons. The van der Waals surface area contributed by atoms with Gasteiger partial charge >= 0.3 is 0 Å². The Kier molecular flexibility index (Phi) is 11.7. The summed E-state index contributed by atoms with van der Waals surface area (Å²) in [5, 5.41) is 0. The molecule has 9 heteroatoms. The molecule has 2 aromatic carbocycles. The van der Waals surface area contributed by atoms with Crippen molar-refractivity contribution >= 4 is 22.6 Å². The smallest absolute Gasteiger partial charge is 0.244 e. The lowest BCUT2D eigenvalue weighted by Crippen LogP contribution is -2.31. The third kappa shape index (κ3) is 11.7. The standard InChI is InChI=1S/2C14H17N2.H2O4S/c2*1-3-13-5-7-14(8-6-13)11-16-10-9-15(4-2)12-16;1-5(2,3)4/h2*3,5-10,12H,1,4,11H2,2H3;(H2,1,2,3,4)/q2*+1;/p-2. The SMILES string of the molecule is C=Cc1ccc(C[n+]2ccn(CC)c2)cc1.C=Cc1ccc(C[n+]2ccn(CC)c2)cc1.O=S(=O)([O-])[O-]. The van der Waals surface area contributed by atoms with Gasteiger partial charge in [-0.15, -0.1) is 0 Å². The summed E-state index contributed by atoms with van der Waals surface area (Å²) in [7, 11) is -5.17. The molecule has 0 radical (unpaired) electrons. The van der Waals surface area contributed by atoms with E-state index in [0.29, 0.717) is 0 Å². The Morgan fingerprint density at radius 3 is 1.30 bits per heavy atom. The van der Waals surface area contributed by atoms with E-state index in [1.807, 2.05) is 12.2 Å². The minimum absolute atomic E-state index is 0.921. The zero-order valence-electron chi connectivity index (χ0n) is 21.3. The molecule has 8 nitrogen and oxygen atoms in total. The number of imidazole rings is 2. The predicted molar refractivity (Wildman–Crippen MR) is 142 cm³/mol. The Balaban J connectivity index is 0.000000221. The Hall–Kier alpha value is -3.79. The molecule has 0 amide bonds. The van der Waals surface area contributed by atoms with Gasteiger partial charge in [0.05, 0.1) is 13.1 Å². The summed E-state index contributed by atoms with van der Waals surface area (Å²) in [6.07, 6.45) is 16.4. The summed E-state index contributed by atoms with van der Waals surface area (Å²) < 4.78 is 42.8. The Morgan fingerprint density at radius 2 is 1.05 bits per heavy atom. The van der Waals surface area contributed by atoms with Gasteiger partial charge in [-0.1, -0.05) is 73.8 Å². The topological polar surface area (TPSA) is 97.9 Å². The van der Waals surface area contributed by atoms with Crippen molar-refractivity contribution < 1.29 is 26.7 Å². The molecule has 2 heterocycles. The van der Waals surface area contributed by atoms with Gasteiger partial charge in [0.2, 0.25) is 12.7 Å². The van der Waals surface area contributed by atoms with Crippen LogP contribution in [0.2, 0.25) is 0 Å². The van der Waals surface area contributed by atoms with Gasteiger partial charge in [0, 0.05) is 10.4 Å². The second-order valence-electron chi connectivity index (χ2n) is 8.13. The van der Waals surface area contributed by atoms with Crippen LogP contribution in [0.1, 0.15) is 36.1 Å². The molecule has 0 atom stereocenters. The molecule has 4 aromatic rings. The van der Waals surface area contributed by atoms with Crippen molar-refractivity contribution in [1.29, 1.82) is 0 Å². The minimum atomic E-state index is -5.17. The monoisotopic (exact) mass is 522 g/mol. The van der Waals surface area contributed by atoms with Gasteiger partial charge in [-0.3, -0.25) is 8.42 Å². The van der Waals surface area contributed by atoms with Crippen molar-refractivity contribution in [1.82, 2.24) is 9.13 Å². The molecule has 2 aromatic heterocycles. The number of benzene rings is 2. The largest absolute Gasteiger partial charge is 0.759 e. The van der Waals surface area contributed by atoms with Crippen LogP contribution >= 0.6 is 0 Å². The lowest BCUT2D eigenvalue weighted by atomic mass is 10.1. The molecule has 0 bridgehead atoms. The van der Waals surface area contributed by atoms with Gasteiger partial charge < -0.3 is 9.11 Å². The van der Waals surface area contributed by atoms with Gasteiger partial charge in [-0.25, -0.2) is 18.3 Å². The third-order valence-corrected chi connectivity index (χ3v) is 5.38. The normalized spacial score (nSPS) is 10.5. The summed E-state index contributed by atoms with van der Waals surface area (Å²) in [4.78, 5) is 0. The Labute approximate surface area is 219 Å². The number of aromatic nitrogens is 4. The van der Waals surface area contributed by atoms with Gasteiger partial charge in [0.1, 0.15) is 37.9 Å². The average molecular weight is 523 g/mol. The quantitative estimate of drug-likeness (QED) is 0.200. The first-order chi connectivity index (χ1) is 17.6. The maximum absolute atomic E-state index is 8.52. The van der Waals surface area contributed by atoms with E-state index < -0.39 is 10.4 Å². The molecular formula is C28H34N4O4S. The van der Waals surface area contributed by atoms with E-state index in [4.69, 9.17) is 17.5 Å². The van der Waals surface area contributed by atoms with E-state index in [2.05, 4.69) is 131 Å². The first kappa shape index (κ1) is 29.4. The lowest BCUT2D eigenvalue weighted by molar-refractivity contribution is -0.688. The van der Waals surface area contributed by atoms with Gasteiger partial charge in [-0.2, -0.15) is 0 Å². The summed E-state index contributed by atoms with van der Waals surface area (Å²) in [5.74, 6) is 0. The molecule has 0 spiro atoms. The molecule has 0 aliphatic carbocycles. The summed E-state index contributed by atoms with van der Waals surface area (Å²) in [5.41, 5.74) is 4.95.